The lowest BCUT2D eigenvalue weighted by Gasteiger charge is -2.34. The van der Waals surface area contributed by atoms with E-state index < -0.39 is 11.7 Å². The first-order valence-electron chi connectivity index (χ1n) is 10.9. The molecule has 4 amide bonds. The van der Waals surface area contributed by atoms with Crippen molar-refractivity contribution in [2.24, 2.45) is 0 Å². The van der Waals surface area contributed by atoms with E-state index in [0.29, 0.717) is 0 Å². The van der Waals surface area contributed by atoms with Gasteiger partial charge in [0.15, 0.2) is 0 Å². The van der Waals surface area contributed by atoms with Crippen molar-refractivity contribution in [2.45, 2.75) is 109 Å². The van der Waals surface area contributed by atoms with Crippen LogP contribution >= 0.6 is 0 Å². The van der Waals surface area contributed by atoms with Crippen molar-refractivity contribution in [3.63, 3.8) is 0 Å². The Kier molecular flexibility index (Phi) is 8.58. The fourth-order valence-electron chi connectivity index (χ4n) is 4.02. The second-order valence-corrected chi connectivity index (χ2v) is 9.02. The van der Waals surface area contributed by atoms with Crippen LogP contribution in [0.1, 0.15) is 91.4 Å². The number of imide groups is 1. The van der Waals surface area contributed by atoms with Gasteiger partial charge in [-0.1, -0.05) is 38.5 Å². The Bertz CT molecular complexity index is 532. The van der Waals surface area contributed by atoms with Gasteiger partial charge in [-0.2, -0.15) is 0 Å². The molecule has 0 aromatic carbocycles. The molecule has 0 aliphatic heterocycles. The van der Waals surface area contributed by atoms with Crippen LogP contribution in [0, 0.1) is 0 Å². The Hall–Kier alpha value is -1.79. The molecule has 0 aromatic heterocycles. The van der Waals surface area contributed by atoms with E-state index in [9.17, 15) is 14.4 Å². The highest BCUT2D eigenvalue weighted by Gasteiger charge is 2.32. The third-order valence-electron chi connectivity index (χ3n) is 5.37. The molecule has 7 nitrogen and oxygen atoms in total. The Morgan fingerprint density at radius 2 is 1.50 bits per heavy atom. The zero-order valence-electron chi connectivity index (χ0n) is 17.7. The van der Waals surface area contributed by atoms with Gasteiger partial charge in [0.1, 0.15) is 5.60 Å². The van der Waals surface area contributed by atoms with Crippen LogP contribution in [-0.4, -0.2) is 47.2 Å². The minimum Gasteiger partial charge on any atom is -0.444 e. The van der Waals surface area contributed by atoms with Gasteiger partial charge in [-0.15, -0.1) is 0 Å². The first kappa shape index (κ1) is 22.5. The number of rotatable bonds is 5. The Balaban J connectivity index is 1.90. The Morgan fingerprint density at radius 3 is 2.07 bits per heavy atom. The van der Waals surface area contributed by atoms with E-state index in [1.54, 1.807) is 20.8 Å². The van der Waals surface area contributed by atoms with Crippen molar-refractivity contribution in [2.75, 3.05) is 6.54 Å². The summed E-state index contributed by atoms with van der Waals surface area (Å²) in [6.45, 7) is 5.53. The van der Waals surface area contributed by atoms with Gasteiger partial charge in [0.05, 0.1) is 0 Å². The molecule has 2 aliphatic carbocycles. The van der Waals surface area contributed by atoms with Crippen LogP contribution in [-0.2, 0) is 9.53 Å². The van der Waals surface area contributed by atoms with Gasteiger partial charge in [0, 0.05) is 25.0 Å². The van der Waals surface area contributed by atoms with Gasteiger partial charge in [0.25, 0.3) is 0 Å². The van der Waals surface area contributed by atoms with E-state index in [2.05, 4.69) is 10.6 Å². The highest BCUT2D eigenvalue weighted by Crippen LogP contribution is 2.24. The third-order valence-corrected chi connectivity index (χ3v) is 5.37. The molecule has 0 radical (unpaired) electrons. The predicted octanol–water partition coefficient (Wildman–Crippen LogP) is 4.10. The standard InChI is InChI=1S/C21H37N3O4/c1-21(2,3)28-20(27)22-15-14-18(25)24(17-12-8-5-9-13-17)19(26)23-16-10-6-4-7-11-16/h16-17H,4-15H2,1-3H3,(H,22,27)(H,23,26). The molecule has 0 atom stereocenters. The Labute approximate surface area is 168 Å². The van der Waals surface area contributed by atoms with E-state index in [0.717, 1.165) is 57.8 Å². The minimum absolute atomic E-state index is 0.0358. The predicted molar refractivity (Wildman–Crippen MR) is 108 cm³/mol. The summed E-state index contributed by atoms with van der Waals surface area (Å²) in [5.41, 5.74) is -0.581. The van der Waals surface area contributed by atoms with Crippen molar-refractivity contribution in [3.05, 3.63) is 0 Å². The topological polar surface area (TPSA) is 87.7 Å². The lowest BCUT2D eigenvalue weighted by Crippen LogP contribution is -2.53. The molecule has 7 heteroatoms. The molecule has 2 fully saturated rings. The monoisotopic (exact) mass is 395 g/mol. The molecule has 0 unspecified atom stereocenters. The molecule has 2 rings (SSSR count). The summed E-state index contributed by atoms with van der Waals surface area (Å²) >= 11 is 0. The number of hydrogen-bond acceptors (Lipinski definition) is 4. The van der Waals surface area contributed by atoms with Crippen molar-refractivity contribution in [3.8, 4) is 0 Å². The molecular weight excluding hydrogens is 358 g/mol. The normalized spacial score (nSPS) is 19.0. The highest BCUT2D eigenvalue weighted by atomic mass is 16.6. The van der Waals surface area contributed by atoms with Gasteiger partial charge in [0.2, 0.25) is 5.91 Å². The smallest absolute Gasteiger partial charge is 0.407 e. The molecular formula is C21H37N3O4. The summed E-state index contributed by atoms with van der Waals surface area (Å²) in [5.74, 6) is -0.226. The maximum atomic E-state index is 12.9. The second-order valence-electron chi connectivity index (χ2n) is 9.02. The summed E-state index contributed by atoms with van der Waals surface area (Å²) in [4.78, 5) is 39.0. The Morgan fingerprint density at radius 1 is 0.929 bits per heavy atom. The van der Waals surface area contributed by atoms with Gasteiger partial charge in [-0.25, -0.2) is 9.59 Å². The number of alkyl carbamates (subject to hydrolysis) is 1. The van der Waals surface area contributed by atoms with Crippen LogP contribution in [0.4, 0.5) is 9.59 Å². The zero-order chi connectivity index (χ0) is 20.6. The maximum Gasteiger partial charge on any atom is 0.407 e. The molecule has 0 bridgehead atoms. The SMILES string of the molecule is CC(C)(C)OC(=O)NCCC(=O)N(C(=O)NC1CCCCC1)C1CCCCC1. The van der Waals surface area contributed by atoms with Gasteiger partial charge >= 0.3 is 12.1 Å². The van der Waals surface area contributed by atoms with Crippen LogP contribution in [0.3, 0.4) is 0 Å². The molecule has 2 N–H and O–H groups in total. The average Bonchev–Trinajstić information content (AvgIpc) is 2.62. The summed E-state index contributed by atoms with van der Waals surface area (Å²) in [6, 6.07) is -0.132. The van der Waals surface area contributed by atoms with Crippen molar-refractivity contribution in [1.29, 1.82) is 0 Å². The lowest BCUT2D eigenvalue weighted by molar-refractivity contribution is -0.130. The van der Waals surface area contributed by atoms with E-state index in [1.165, 1.54) is 11.3 Å². The fraction of sp³-hybridized carbons (Fsp3) is 0.857. The molecule has 0 heterocycles. The second kappa shape index (κ2) is 10.7. The highest BCUT2D eigenvalue weighted by molar-refractivity contribution is 5.95. The number of nitrogens with one attached hydrogen (secondary N) is 2. The number of hydrogen-bond donors (Lipinski definition) is 2. The molecule has 0 aromatic rings. The quantitative estimate of drug-likeness (QED) is 0.733. The zero-order valence-corrected chi connectivity index (χ0v) is 17.7. The maximum absolute atomic E-state index is 12.9. The summed E-state index contributed by atoms with van der Waals surface area (Å²) in [6.07, 6.45) is 9.96. The van der Waals surface area contributed by atoms with Crippen molar-refractivity contribution >= 4 is 18.0 Å². The fourth-order valence-corrected chi connectivity index (χ4v) is 4.02. The number of carbonyl (C=O) groups is 3. The van der Waals surface area contributed by atoms with Crippen molar-refractivity contribution in [1.82, 2.24) is 15.5 Å². The molecule has 0 saturated heterocycles. The van der Waals surface area contributed by atoms with Crippen LogP contribution in [0.15, 0.2) is 0 Å². The molecule has 2 aliphatic rings. The molecule has 0 spiro atoms. The number of nitrogens with zero attached hydrogens (tertiary/aromatic N) is 1. The van der Waals surface area contributed by atoms with E-state index in [4.69, 9.17) is 4.74 Å². The number of amides is 4. The minimum atomic E-state index is -0.581. The van der Waals surface area contributed by atoms with Crippen LogP contribution < -0.4 is 10.6 Å². The number of urea groups is 1. The van der Waals surface area contributed by atoms with Gasteiger partial charge in [-0.05, 0) is 46.5 Å². The third kappa shape index (κ3) is 7.68. The van der Waals surface area contributed by atoms with Crippen LogP contribution in [0.25, 0.3) is 0 Å². The van der Waals surface area contributed by atoms with E-state index in [-0.39, 0.29) is 37.0 Å². The largest absolute Gasteiger partial charge is 0.444 e. The molecule has 160 valence electrons. The summed E-state index contributed by atoms with van der Waals surface area (Å²) in [5, 5.41) is 5.69. The molecule has 28 heavy (non-hydrogen) atoms. The number of ether oxygens (including phenoxy) is 1. The van der Waals surface area contributed by atoms with E-state index >= 15 is 0 Å². The average molecular weight is 396 g/mol. The van der Waals surface area contributed by atoms with Gasteiger partial charge in [-0.3, -0.25) is 9.69 Å². The first-order valence-corrected chi connectivity index (χ1v) is 10.9. The summed E-state index contributed by atoms with van der Waals surface area (Å²) in [7, 11) is 0. The van der Waals surface area contributed by atoms with Crippen LogP contribution in [0.2, 0.25) is 0 Å². The van der Waals surface area contributed by atoms with Crippen LogP contribution in [0.5, 0.6) is 0 Å². The summed E-state index contributed by atoms with van der Waals surface area (Å²) < 4.78 is 5.19. The molecule has 2 saturated carbocycles. The van der Waals surface area contributed by atoms with Crippen molar-refractivity contribution < 1.29 is 19.1 Å². The number of carbonyl (C=O) groups excluding carboxylic acids is 3. The lowest BCUT2D eigenvalue weighted by atomic mass is 9.93. The first-order chi connectivity index (χ1) is 13.3. The van der Waals surface area contributed by atoms with Gasteiger partial charge < -0.3 is 15.4 Å². The van der Waals surface area contributed by atoms with E-state index in [1.807, 2.05) is 0 Å².